The Kier molecular flexibility index (Phi) is 5.26. The standard InChI is InChI=1S/C30H32N2Si/c1-33(2,30-26-16-8-6-14-24(26)25-15-7-9-17-27(25)30)32-21-31-29-23(13-10-18-28(29)32)20-19-22-11-4-3-5-12-22/h3-18,24-31H,21H2,1-2H3/t24?,25?,26?,27?,28-,29?,30?/m1/s1. The van der Waals surface area contributed by atoms with E-state index in [9.17, 15) is 0 Å². The molecule has 4 aliphatic carbocycles. The summed E-state index contributed by atoms with van der Waals surface area (Å²) in [6.45, 7) is 6.18. The summed E-state index contributed by atoms with van der Waals surface area (Å²) >= 11 is 0. The molecule has 2 fully saturated rings. The number of benzene rings is 1. The van der Waals surface area contributed by atoms with Crippen LogP contribution in [0.5, 0.6) is 0 Å². The van der Waals surface area contributed by atoms with E-state index in [0.717, 1.165) is 12.2 Å². The molecule has 1 saturated heterocycles. The molecular formula is C30H32N2Si. The monoisotopic (exact) mass is 448 g/mol. The topological polar surface area (TPSA) is 15.3 Å². The Bertz CT molecular complexity index is 1120. The van der Waals surface area contributed by atoms with E-state index >= 15 is 0 Å². The van der Waals surface area contributed by atoms with Gasteiger partial charge >= 0.3 is 0 Å². The van der Waals surface area contributed by atoms with Gasteiger partial charge in [0, 0.05) is 23.8 Å². The predicted octanol–water partition coefficient (Wildman–Crippen LogP) is 5.44. The molecule has 1 heterocycles. The molecule has 5 unspecified atom stereocenters. The molecule has 0 radical (unpaired) electrons. The minimum Gasteiger partial charge on any atom is -0.304 e. The molecule has 33 heavy (non-hydrogen) atoms. The molecule has 0 bridgehead atoms. The van der Waals surface area contributed by atoms with Crippen LogP contribution in [0.3, 0.4) is 0 Å². The van der Waals surface area contributed by atoms with Gasteiger partial charge in [-0.05, 0) is 47.4 Å². The van der Waals surface area contributed by atoms with Gasteiger partial charge in [0.05, 0.1) is 6.04 Å². The Labute approximate surface area is 199 Å². The number of nitrogens with zero attached hydrogens (tertiary/aromatic N) is 1. The van der Waals surface area contributed by atoms with Crippen molar-refractivity contribution in [3.8, 4) is 11.8 Å². The average molecular weight is 449 g/mol. The summed E-state index contributed by atoms with van der Waals surface area (Å²) in [5.41, 5.74) is 2.99. The van der Waals surface area contributed by atoms with Crippen molar-refractivity contribution in [1.82, 2.24) is 9.88 Å². The lowest BCUT2D eigenvalue weighted by atomic mass is 9.83. The summed E-state index contributed by atoms with van der Waals surface area (Å²) in [5, 5.41) is 3.84. The molecule has 0 spiro atoms. The number of rotatable bonds is 2. The van der Waals surface area contributed by atoms with E-state index in [1.807, 2.05) is 6.07 Å². The second-order valence-electron chi connectivity index (χ2n) is 10.5. The summed E-state index contributed by atoms with van der Waals surface area (Å²) in [5.74, 6) is 9.41. The van der Waals surface area contributed by atoms with E-state index in [0.29, 0.717) is 35.3 Å². The molecule has 1 saturated carbocycles. The van der Waals surface area contributed by atoms with Gasteiger partial charge in [0.15, 0.2) is 0 Å². The molecule has 0 aromatic heterocycles. The van der Waals surface area contributed by atoms with Gasteiger partial charge in [-0.2, -0.15) is 0 Å². The van der Waals surface area contributed by atoms with Gasteiger partial charge in [0.25, 0.3) is 0 Å². The van der Waals surface area contributed by atoms with Crippen molar-refractivity contribution in [2.45, 2.75) is 30.7 Å². The highest BCUT2D eigenvalue weighted by atomic mass is 28.3. The zero-order chi connectivity index (χ0) is 22.4. The molecule has 1 aromatic carbocycles. The summed E-state index contributed by atoms with van der Waals surface area (Å²) in [4.78, 5) is 0. The fourth-order valence-corrected chi connectivity index (χ4v) is 11.5. The van der Waals surface area contributed by atoms with E-state index in [1.54, 1.807) is 0 Å². The average Bonchev–Trinajstić information content (AvgIpc) is 3.44. The first kappa shape index (κ1) is 20.9. The van der Waals surface area contributed by atoms with Crippen LogP contribution < -0.4 is 5.32 Å². The molecule has 1 aliphatic heterocycles. The molecule has 166 valence electrons. The third-order valence-corrected chi connectivity index (χ3v) is 12.8. The van der Waals surface area contributed by atoms with Gasteiger partial charge in [0.2, 0.25) is 0 Å². The quantitative estimate of drug-likeness (QED) is 0.479. The Hall–Kier alpha value is -2.64. The fraction of sp³-hybridized carbons (Fsp3) is 0.333. The van der Waals surface area contributed by atoms with Crippen LogP contribution in [0.25, 0.3) is 0 Å². The van der Waals surface area contributed by atoms with E-state index in [2.05, 4.69) is 126 Å². The number of allylic oxidation sites excluding steroid dienone is 10. The number of hydrogen-bond donors (Lipinski definition) is 1. The summed E-state index contributed by atoms with van der Waals surface area (Å²) in [6, 6.07) is 11.0. The SMILES string of the molecule is C[Si](C)(C1C2C=CC=CC2C2C=CC=CC21)N1CNC2C(C#Cc3ccccc3)=CC=C[C@H]21. The normalized spacial score (nSPS) is 36.1. The van der Waals surface area contributed by atoms with Crippen molar-refractivity contribution in [3.63, 3.8) is 0 Å². The number of fused-ring (bicyclic) bond motifs is 4. The van der Waals surface area contributed by atoms with Crippen LogP contribution in [-0.2, 0) is 0 Å². The van der Waals surface area contributed by atoms with Gasteiger partial charge in [0.1, 0.15) is 8.24 Å². The lowest BCUT2D eigenvalue weighted by Crippen LogP contribution is -2.57. The van der Waals surface area contributed by atoms with Gasteiger partial charge in [-0.25, -0.2) is 0 Å². The van der Waals surface area contributed by atoms with Gasteiger partial charge < -0.3 is 4.57 Å². The number of hydrogen-bond acceptors (Lipinski definition) is 2. The van der Waals surface area contributed by atoms with Crippen molar-refractivity contribution in [2.75, 3.05) is 6.67 Å². The fourth-order valence-electron chi connectivity index (χ4n) is 7.02. The molecule has 3 heteroatoms. The first-order chi connectivity index (χ1) is 16.1. The number of nitrogens with one attached hydrogen (secondary N) is 1. The van der Waals surface area contributed by atoms with Crippen molar-refractivity contribution in [3.05, 3.63) is 108 Å². The molecule has 5 aliphatic rings. The highest BCUT2D eigenvalue weighted by Gasteiger charge is 2.57. The molecule has 6 rings (SSSR count). The van der Waals surface area contributed by atoms with Crippen molar-refractivity contribution >= 4 is 8.24 Å². The van der Waals surface area contributed by atoms with E-state index in [-0.39, 0.29) is 6.04 Å². The first-order valence-corrected chi connectivity index (χ1v) is 15.3. The zero-order valence-corrected chi connectivity index (χ0v) is 20.4. The van der Waals surface area contributed by atoms with Gasteiger partial charge in [-0.15, -0.1) is 0 Å². The lowest BCUT2D eigenvalue weighted by molar-refractivity contribution is 0.406. The minimum absolute atomic E-state index is 0.287. The van der Waals surface area contributed by atoms with Crippen LogP contribution in [0.4, 0.5) is 0 Å². The second kappa shape index (κ2) is 8.29. The van der Waals surface area contributed by atoms with Crippen LogP contribution >= 0.6 is 0 Å². The van der Waals surface area contributed by atoms with Crippen LogP contribution in [-0.4, -0.2) is 31.6 Å². The molecule has 1 aromatic rings. The Morgan fingerprint density at radius 3 is 2.09 bits per heavy atom. The van der Waals surface area contributed by atoms with Crippen LogP contribution in [0, 0.1) is 35.5 Å². The third kappa shape index (κ3) is 3.49. The summed E-state index contributed by atoms with van der Waals surface area (Å²) < 4.78 is 2.84. The maximum absolute atomic E-state index is 3.84. The van der Waals surface area contributed by atoms with Crippen molar-refractivity contribution in [1.29, 1.82) is 0 Å². The minimum atomic E-state index is -1.80. The molecule has 2 nitrogen and oxygen atoms in total. The largest absolute Gasteiger partial charge is 0.304 e. The van der Waals surface area contributed by atoms with Crippen LogP contribution in [0.1, 0.15) is 5.56 Å². The van der Waals surface area contributed by atoms with Gasteiger partial charge in [-0.1, -0.05) is 104 Å². The van der Waals surface area contributed by atoms with E-state index in [1.165, 1.54) is 5.57 Å². The molecule has 1 N–H and O–H groups in total. The Morgan fingerprint density at radius 1 is 0.788 bits per heavy atom. The Morgan fingerprint density at radius 2 is 1.42 bits per heavy atom. The van der Waals surface area contributed by atoms with Crippen molar-refractivity contribution < 1.29 is 0 Å². The van der Waals surface area contributed by atoms with Gasteiger partial charge in [-0.3, -0.25) is 5.32 Å². The van der Waals surface area contributed by atoms with E-state index < -0.39 is 8.24 Å². The highest BCUT2D eigenvalue weighted by Crippen LogP contribution is 2.58. The Balaban J connectivity index is 1.29. The molecule has 6 atom stereocenters. The maximum Gasteiger partial charge on any atom is 0.128 e. The smallest absolute Gasteiger partial charge is 0.128 e. The maximum atomic E-state index is 3.84. The summed E-state index contributed by atoms with van der Waals surface area (Å²) in [6.07, 6.45) is 25.9. The lowest BCUT2D eigenvalue weighted by Gasteiger charge is -2.46. The first-order valence-electron chi connectivity index (χ1n) is 12.3. The van der Waals surface area contributed by atoms with E-state index in [4.69, 9.17) is 0 Å². The highest BCUT2D eigenvalue weighted by molar-refractivity contribution is 6.76. The predicted molar refractivity (Wildman–Crippen MR) is 140 cm³/mol. The third-order valence-electron chi connectivity index (χ3n) is 8.50. The van der Waals surface area contributed by atoms with Crippen molar-refractivity contribution in [2.24, 2.45) is 23.7 Å². The summed E-state index contributed by atoms with van der Waals surface area (Å²) in [7, 11) is -1.80. The van der Waals surface area contributed by atoms with Crippen LogP contribution in [0.2, 0.25) is 18.6 Å². The zero-order valence-electron chi connectivity index (χ0n) is 19.4. The second-order valence-corrected chi connectivity index (χ2v) is 15.0. The van der Waals surface area contributed by atoms with Crippen LogP contribution in [0.15, 0.2) is 103 Å². The molecular weight excluding hydrogens is 416 g/mol. The molecule has 0 amide bonds.